The van der Waals surface area contributed by atoms with Gasteiger partial charge in [-0.05, 0) is 71.8 Å². The SMILES string of the molecule is Cc1ccc(/C=C(\NC(=O)c2ccccc2)C(=O)Nc2cccc(SCC(=O)Nc3ccc4ccccc4c3)c2)cc1. The van der Waals surface area contributed by atoms with Gasteiger partial charge in [-0.25, -0.2) is 0 Å². The maximum atomic E-state index is 13.4. The Morgan fingerprint density at radius 1 is 0.690 bits per heavy atom. The van der Waals surface area contributed by atoms with Gasteiger partial charge in [-0.1, -0.05) is 84.4 Å². The molecule has 3 amide bonds. The van der Waals surface area contributed by atoms with Crippen molar-refractivity contribution in [2.45, 2.75) is 11.8 Å². The Kier molecular flexibility index (Phi) is 9.11. The Bertz CT molecular complexity index is 1770. The standard InChI is InChI=1S/C35H29N3O3S/c1-24-14-16-25(17-15-24)20-32(38-34(40)27-9-3-2-4-10-27)35(41)37-29-12-7-13-31(22-29)42-23-33(39)36-30-19-18-26-8-5-6-11-28(26)21-30/h2-22H,23H2,1H3,(H,36,39)(H,37,41)(H,38,40)/b32-20-. The lowest BCUT2D eigenvalue weighted by Crippen LogP contribution is -2.30. The van der Waals surface area contributed by atoms with Crippen molar-refractivity contribution in [2.24, 2.45) is 0 Å². The predicted molar refractivity (Wildman–Crippen MR) is 171 cm³/mol. The van der Waals surface area contributed by atoms with E-state index in [0.717, 1.165) is 32.5 Å². The molecular weight excluding hydrogens is 542 g/mol. The van der Waals surface area contributed by atoms with Crippen molar-refractivity contribution in [3.8, 4) is 0 Å². The van der Waals surface area contributed by atoms with Gasteiger partial charge < -0.3 is 16.0 Å². The fraction of sp³-hybridized carbons (Fsp3) is 0.0571. The number of hydrogen-bond acceptors (Lipinski definition) is 4. The van der Waals surface area contributed by atoms with Gasteiger partial charge in [0.15, 0.2) is 0 Å². The Hall–Kier alpha value is -5.14. The van der Waals surface area contributed by atoms with E-state index in [2.05, 4.69) is 16.0 Å². The third-order valence-corrected chi connectivity index (χ3v) is 7.41. The Balaban J connectivity index is 1.25. The summed E-state index contributed by atoms with van der Waals surface area (Å²) in [5.74, 6) is -0.769. The van der Waals surface area contributed by atoms with E-state index in [1.165, 1.54) is 11.8 Å². The topological polar surface area (TPSA) is 87.3 Å². The highest BCUT2D eigenvalue weighted by Crippen LogP contribution is 2.24. The molecule has 7 heteroatoms. The summed E-state index contributed by atoms with van der Waals surface area (Å²) in [6.45, 7) is 1.98. The second kappa shape index (κ2) is 13.5. The van der Waals surface area contributed by atoms with Crippen LogP contribution in [0.15, 0.2) is 132 Å². The molecule has 5 rings (SSSR count). The molecule has 0 saturated carbocycles. The smallest absolute Gasteiger partial charge is 0.272 e. The van der Waals surface area contributed by atoms with Crippen molar-refractivity contribution in [3.63, 3.8) is 0 Å². The van der Waals surface area contributed by atoms with Crippen LogP contribution in [0.4, 0.5) is 11.4 Å². The van der Waals surface area contributed by atoms with Gasteiger partial charge in [0.25, 0.3) is 11.8 Å². The van der Waals surface area contributed by atoms with Crippen molar-refractivity contribution < 1.29 is 14.4 Å². The summed E-state index contributed by atoms with van der Waals surface area (Å²) >= 11 is 1.37. The second-order valence-electron chi connectivity index (χ2n) is 9.67. The molecule has 0 atom stereocenters. The van der Waals surface area contributed by atoms with Crippen molar-refractivity contribution in [3.05, 3.63) is 144 Å². The van der Waals surface area contributed by atoms with Crippen molar-refractivity contribution in [2.75, 3.05) is 16.4 Å². The first kappa shape index (κ1) is 28.4. The number of anilines is 2. The van der Waals surface area contributed by atoms with Crippen LogP contribution in [0.3, 0.4) is 0 Å². The van der Waals surface area contributed by atoms with E-state index in [1.54, 1.807) is 42.5 Å². The number of benzene rings is 5. The molecule has 0 aromatic heterocycles. The summed E-state index contributed by atoms with van der Waals surface area (Å²) in [6, 6.07) is 37.4. The van der Waals surface area contributed by atoms with Crippen molar-refractivity contribution >= 4 is 57.7 Å². The van der Waals surface area contributed by atoms with E-state index in [4.69, 9.17) is 0 Å². The van der Waals surface area contributed by atoms with Crippen LogP contribution in [0.1, 0.15) is 21.5 Å². The zero-order valence-electron chi connectivity index (χ0n) is 23.0. The fourth-order valence-electron chi connectivity index (χ4n) is 4.25. The molecule has 0 radical (unpaired) electrons. The molecular formula is C35H29N3O3S. The number of fused-ring (bicyclic) bond motifs is 1. The highest BCUT2D eigenvalue weighted by Gasteiger charge is 2.15. The summed E-state index contributed by atoms with van der Waals surface area (Å²) in [6.07, 6.45) is 1.64. The monoisotopic (exact) mass is 571 g/mol. The lowest BCUT2D eigenvalue weighted by Gasteiger charge is -2.12. The van der Waals surface area contributed by atoms with Crippen LogP contribution >= 0.6 is 11.8 Å². The van der Waals surface area contributed by atoms with Crippen LogP contribution in [0.25, 0.3) is 16.8 Å². The van der Waals surface area contributed by atoms with Crippen LogP contribution in [0.2, 0.25) is 0 Å². The zero-order valence-corrected chi connectivity index (χ0v) is 23.8. The van der Waals surface area contributed by atoms with Gasteiger partial charge in [0.05, 0.1) is 5.75 Å². The number of nitrogens with one attached hydrogen (secondary N) is 3. The van der Waals surface area contributed by atoms with Crippen molar-refractivity contribution in [1.29, 1.82) is 0 Å². The normalized spacial score (nSPS) is 11.1. The molecule has 5 aromatic rings. The minimum absolute atomic E-state index is 0.112. The van der Waals surface area contributed by atoms with Crippen LogP contribution in [-0.2, 0) is 9.59 Å². The van der Waals surface area contributed by atoms with Gasteiger partial charge in [-0.2, -0.15) is 0 Å². The zero-order chi connectivity index (χ0) is 29.3. The molecule has 0 fully saturated rings. The molecule has 42 heavy (non-hydrogen) atoms. The van der Waals surface area contributed by atoms with Gasteiger partial charge in [0.1, 0.15) is 5.70 Å². The molecule has 0 aliphatic rings. The summed E-state index contributed by atoms with van der Waals surface area (Å²) < 4.78 is 0. The number of amides is 3. The first-order chi connectivity index (χ1) is 20.4. The highest BCUT2D eigenvalue weighted by molar-refractivity contribution is 8.00. The number of thioether (sulfide) groups is 1. The van der Waals surface area contributed by atoms with Crippen LogP contribution < -0.4 is 16.0 Å². The lowest BCUT2D eigenvalue weighted by molar-refractivity contribution is -0.114. The third-order valence-electron chi connectivity index (χ3n) is 6.41. The molecule has 0 saturated heterocycles. The molecule has 0 aliphatic heterocycles. The Morgan fingerprint density at radius 3 is 2.19 bits per heavy atom. The van der Waals surface area contributed by atoms with Gasteiger partial charge >= 0.3 is 0 Å². The van der Waals surface area contributed by atoms with Crippen LogP contribution in [-0.4, -0.2) is 23.5 Å². The molecule has 0 heterocycles. The quantitative estimate of drug-likeness (QED) is 0.128. The van der Waals surface area contributed by atoms with Crippen molar-refractivity contribution in [1.82, 2.24) is 5.32 Å². The second-order valence-corrected chi connectivity index (χ2v) is 10.7. The van der Waals surface area contributed by atoms with Gasteiger partial charge in [-0.15, -0.1) is 11.8 Å². The van der Waals surface area contributed by atoms with E-state index in [-0.39, 0.29) is 23.3 Å². The first-order valence-corrected chi connectivity index (χ1v) is 14.4. The maximum Gasteiger partial charge on any atom is 0.272 e. The lowest BCUT2D eigenvalue weighted by atomic mass is 10.1. The van der Waals surface area contributed by atoms with Gasteiger partial charge in [0.2, 0.25) is 5.91 Å². The number of aryl methyl sites for hydroxylation is 1. The average molecular weight is 572 g/mol. The third kappa shape index (κ3) is 7.74. The number of carbonyl (C=O) groups is 3. The first-order valence-electron chi connectivity index (χ1n) is 13.4. The largest absolute Gasteiger partial charge is 0.325 e. The highest BCUT2D eigenvalue weighted by atomic mass is 32.2. The molecule has 0 spiro atoms. The predicted octanol–water partition coefficient (Wildman–Crippen LogP) is 7.29. The Morgan fingerprint density at radius 2 is 1.40 bits per heavy atom. The van der Waals surface area contributed by atoms with Gasteiger partial charge in [-0.3, -0.25) is 14.4 Å². The van der Waals surface area contributed by atoms with E-state index in [1.807, 2.05) is 91.9 Å². The van der Waals surface area contributed by atoms with E-state index >= 15 is 0 Å². The van der Waals surface area contributed by atoms with E-state index < -0.39 is 5.91 Å². The number of carbonyl (C=O) groups excluding carboxylic acids is 3. The minimum Gasteiger partial charge on any atom is -0.325 e. The van der Waals surface area contributed by atoms with E-state index in [9.17, 15) is 14.4 Å². The summed E-state index contributed by atoms with van der Waals surface area (Å²) in [5, 5.41) is 10.8. The number of hydrogen-bond donors (Lipinski definition) is 3. The van der Waals surface area contributed by atoms with Crippen LogP contribution in [0, 0.1) is 6.92 Å². The molecule has 5 aromatic carbocycles. The molecule has 0 unspecified atom stereocenters. The fourth-order valence-corrected chi connectivity index (χ4v) is 5.00. The van der Waals surface area contributed by atoms with Crippen LogP contribution in [0.5, 0.6) is 0 Å². The maximum absolute atomic E-state index is 13.4. The minimum atomic E-state index is -0.462. The number of rotatable bonds is 9. The van der Waals surface area contributed by atoms with Gasteiger partial charge in [0, 0.05) is 21.8 Å². The summed E-state index contributed by atoms with van der Waals surface area (Å²) in [7, 11) is 0. The summed E-state index contributed by atoms with van der Waals surface area (Å²) in [4.78, 5) is 39.7. The molecule has 0 bridgehead atoms. The van der Waals surface area contributed by atoms with E-state index in [0.29, 0.717) is 11.3 Å². The molecule has 3 N–H and O–H groups in total. The molecule has 6 nitrogen and oxygen atoms in total. The molecule has 208 valence electrons. The average Bonchev–Trinajstić information content (AvgIpc) is 3.01. The molecule has 0 aliphatic carbocycles. The Labute approximate surface area is 248 Å². The summed E-state index contributed by atoms with van der Waals surface area (Å²) in [5.41, 5.74) is 3.71.